The first-order chi connectivity index (χ1) is 11.0. The number of hydrogen-bond donors (Lipinski definition) is 2. The fourth-order valence-electron chi connectivity index (χ4n) is 2.48. The quantitative estimate of drug-likeness (QED) is 0.844. The van der Waals surface area contributed by atoms with Crippen molar-refractivity contribution in [3.63, 3.8) is 0 Å². The highest BCUT2D eigenvalue weighted by atomic mass is 16.5. The monoisotopic (exact) mass is 319 g/mol. The van der Waals surface area contributed by atoms with Gasteiger partial charge in [0.1, 0.15) is 5.75 Å². The number of rotatable bonds is 6. The molecule has 1 saturated heterocycles. The molecule has 2 N–H and O–H groups in total. The van der Waals surface area contributed by atoms with Gasteiger partial charge in [0, 0.05) is 25.2 Å². The molecule has 0 unspecified atom stereocenters. The van der Waals surface area contributed by atoms with Gasteiger partial charge in [0.15, 0.2) is 0 Å². The van der Waals surface area contributed by atoms with Gasteiger partial charge in [-0.25, -0.2) is 4.79 Å². The first kappa shape index (κ1) is 17.1. The molecule has 1 aromatic carbocycles. The van der Waals surface area contributed by atoms with Crippen LogP contribution < -0.4 is 20.3 Å². The summed E-state index contributed by atoms with van der Waals surface area (Å²) in [6.07, 6.45) is 0.322. The standard InChI is InChI=1S/C17H25N3O3/c1-4-23-15-7-5-14(6-8-15)20-11-13(9-16(20)21)19-17(22)18-10-12(2)3/h5-8,12-13H,4,9-11H2,1-3H3,(H2,18,19,22)/t13-/m0/s1. The van der Waals surface area contributed by atoms with E-state index < -0.39 is 0 Å². The third-order valence-corrected chi connectivity index (χ3v) is 3.59. The molecular weight excluding hydrogens is 294 g/mol. The molecule has 0 aromatic heterocycles. The highest BCUT2D eigenvalue weighted by molar-refractivity contribution is 5.96. The first-order valence-electron chi connectivity index (χ1n) is 8.07. The van der Waals surface area contributed by atoms with Crippen LogP contribution in [-0.2, 0) is 4.79 Å². The second-order valence-corrected chi connectivity index (χ2v) is 6.08. The van der Waals surface area contributed by atoms with E-state index in [1.54, 1.807) is 4.90 Å². The predicted molar refractivity (Wildman–Crippen MR) is 89.7 cm³/mol. The Morgan fingerprint density at radius 2 is 2.04 bits per heavy atom. The number of anilines is 1. The normalized spacial score (nSPS) is 17.5. The van der Waals surface area contributed by atoms with Crippen LogP contribution in [0.5, 0.6) is 5.75 Å². The lowest BCUT2D eigenvalue weighted by molar-refractivity contribution is -0.117. The summed E-state index contributed by atoms with van der Waals surface area (Å²) in [6.45, 7) is 7.72. The molecule has 1 aliphatic heterocycles. The van der Waals surface area contributed by atoms with Crippen LogP contribution in [-0.4, -0.2) is 37.7 Å². The molecule has 23 heavy (non-hydrogen) atoms. The molecular formula is C17H25N3O3. The van der Waals surface area contributed by atoms with Crippen LogP contribution in [0.25, 0.3) is 0 Å². The van der Waals surface area contributed by atoms with Crippen LogP contribution in [0, 0.1) is 5.92 Å². The second kappa shape index (κ2) is 7.85. The third-order valence-electron chi connectivity index (χ3n) is 3.59. The lowest BCUT2D eigenvalue weighted by Crippen LogP contribution is -2.44. The van der Waals surface area contributed by atoms with Crippen molar-refractivity contribution in [1.29, 1.82) is 0 Å². The van der Waals surface area contributed by atoms with E-state index in [1.807, 2.05) is 45.0 Å². The van der Waals surface area contributed by atoms with Crippen LogP contribution in [0.2, 0.25) is 0 Å². The molecule has 6 heteroatoms. The molecule has 3 amide bonds. The van der Waals surface area contributed by atoms with E-state index in [4.69, 9.17) is 4.74 Å². The molecule has 0 bridgehead atoms. The number of hydrogen-bond acceptors (Lipinski definition) is 3. The Morgan fingerprint density at radius 1 is 1.35 bits per heavy atom. The minimum atomic E-state index is -0.218. The molecule has 126 valence electrons. The highest BCUT2D eigenvalue weighted by Crippen LogP contribution is 2.24. The zero-order chi connectivity index (χ0) is 16.8. The van der Waals surface area contributed by atoms with E-state index in [0.717, 1.165) is 11.4 Å². The molecule has 1 heterocycles. The average Bonchev–Trinajstić information content (AvgIpc) is 2.87. The second-order valence-electron chi connectivity index (χ2n) is 6.08. The lowest BCUT2D eigenvalue weighted by atomic mass is 10.2. The molecule has 0 saturated carbocycles. The van der Waals surface area contributed by atoms with Gasteiger partial charge in [0.05, 0.1) is 12.6 Å². The van der Waals surface area contributed by atoms with Gasteiger partial charge in [-0.2, -0.15) is 0 Å². The summed E-state index contributed by atoms with van der Waals surface area (Å²) in [4.78, 5) is 25.7. The average molecular weight is 319 g/mol. The van der Waals surface area contributed by atoms with Crippen LogP contribution in [0.1, 0.15) is 27.2 Å². The summed E-state index contributed by atoms with van der Waals surface area (Å²) in [5.41, 5.74) is 0.824. The van der Waals surface area contributed by atoms with Crippen molar-refractivity contribution in [2.75, 3.05) is 24.6 Å². The van der Waals surface area contributed by atoms with Gasteiger partial charge in [-0.15, -0.1) is 0 Å². The molecule has 6 nitrogen and oxygen atoms in total. The minimum Gasteiger partial charge on any atom is -0.494 e. The van der Waals surface area contributed by atoms with Crippen LogP contribution in [0.15, 0.2) is 24.3 Å². The van der Waals surface area contributed by atoms with Gasteiger partial charge < -0.3 is 20.3 Å². The van der Waals surface area contributed by atoms with E-state index in [0.29, 0.717) is 32.0 Å². The summed E-state index contributed by atoms with van der Waals surface area (Å²) in [6, 6.07) is 7.05. The summed E-state index contributed by atoms with van der Waals surface area (Å²) in [5, 5.41) is 5.66. The molecule has 1 fully saturated rings. The van der Waals surface area contributed by atoms with Crippen LogP contribution in [0.3, 0.4) is 0 Å². The Kier molecular flexibility index (Phi) is 5.84. The maximum atomic E-state index is 12.2. The van der Waals surface area contributed by atoms with Gasteiger partial charge in [0.25, 0.3) is 0 Å². The molecule has 0 aliphatic carbocycles. The number of amides is 3. The van der Waals surface area contributed by atoms with E-state index >= 15 is 0 Å². The van der Waals surface area contributed by atoms with Gasteiger partial charge in [-0.1, -0.05) is 13.8 Å². The van der Waals surface area contributed by atoms with E-state index in [9.17, 15) is 9.59 Å². The zero-order valence-electron chi connectivity index (χ0n) is 14.0. The van der Waals surface area contributed by atoms with Gasteiger partial charge in [0.2, 0.25) is 5.91 Å². The van der Waals surface area contributed by atoms with Gasteiger partial charge >= 0.3 is 6.03 Å². The topological polar surface area (TPSA) is 70.7 Å². The number of nitrogens with zero attached hydrogens (tertiary/aromatic N) is 1. The number of carbonyl (C=O) groups is 2. The van der Waals surface area contributed by atoms with Crippen molar-refractivity contribution < 1.29 is 14.3 Å². The molecule has 2 rings (SSSR count). The number of nitrogens with one attached hydrogen (secondary N) is 2. The molecule has 0 radical (unpaired) electrons. The number of ether oxygens (including phenoxy) is 1. The predicted octanol–water partition coefficient (Wildman–Crippen LogP) is 2.15. The Balaban J connectivity index is 1.90. The molecule has 1 atom stereocenters. The lowest BCUT2D eigenvalue weighted by Gasteiger charge is -2.18. The smallest absolute Gasteiger partial charge is 0.315 e. The minimum absolute atomic E-state index is 0.0170. The van der Waals surface area contributed by atoms with Crippen molar-refractivity contribution in [2.24, 2.45) is 5.92 Å². The van der Waals surface area contributed by atoms with E-state index in [-0.39, 0.29) is 18.0 Å². The molecule has 1 aliphatic rings. The van der Waals surface area contributed by atoms with Crippen LogP contribution in [0.4, 0.5) is 10.5 Å². The Hall–Kier alpha value is -2.24. The number of carbonyl (C=O) groups excluding carboxylic acids is 2. The maximum absolute atomic E-state index is 12.2. The fourth-order valence-corrected chi connectivity index (χ4v) is 2.48. The van der Waals surface area contributed by atoms with Gasteiger partial charge in [-0.05, 0) is 37.1 Å². The fraction of sp³-hybridized carbons (Fsp3) is 0.529. The Bertz CT molecular complexity index is 543. The summed E-state index contributed by atoms with van der Waals surface area (Å²) in [5.74, 6) is 1.19. The Morgan fingerprint density at radius 3 is 2.65 bits per heavy atom. The zero-order valence-corrected chi connectivity index (χ0v) is 14.0. The van der Waals surface area contributed by atoms with Crippen LogP contribution >= 0.6 is 0 Å². The van der Waals surface area contributed by atoms with Gasteiger partial charge in [-0.3, -0.25) is 4.79 Å². The van der Waals surface area contributed by atoms with Crippen molar-refractivity contribution >= 4 is 17.6 Å². The van der Waals surface area contributed by atoms with Crippen molar-refractivity contribution in [3.8, 4) is 5.75 Å². The van der Waals surface area contributed by atoms with E-state index in [2.05, 4.69) is 10.6 Å². The maximum Gasteiger partial charge on any atom is 0.315 e. The number of urea groups is 1. The molecule has 0 spiro atoms. The first-order valence-corrected chi connectivity index (χ1v) is 8.07. The van der Waals surface area contributed by atoms with Crippen molar-refractivity contribution in [3.05, 3.63) is 24.3 Å². The Labute approximate surface area is 137 Å². The highest BCUT2D eigenvalue weighted by Gasteiger charge is 2.31. The third kappa shape index (κ3) is 4.87. The molecule has 1 aromatic rings. The van der Waals surface area contributed by atoms with Crippen molar-refractivity contribution in [2.45, 2.75) is 33.2 Å². The summed E-state index contributed by atoms with van der Waals surface area (Å²) < 4.78 is 5.40. The largest absolute Gasteiger partial charge is 0.494 e. The summed E-state index contributed by atoms with van der Waals surface area (Å²) in [7, 11) is 0. The summed E-state index contributed by atoms with van der Waals surface area (Å²) >= 11 is 0. The number of benzene rings is 1. The van der Waals surface area contributed by atoms with E-state index in [1.165, 1.54) is 0 Å². The van der Waals surface area contributed by atoms with Crippen molar-refractivity contribution in [1.82, 2.24) is 10.6 Å². The SMILES string of the molecule is CCOc1ccc(N2C[C@@H](NC(=O)NCC(C)C)CC2=O)cc1.